The van der Waals surface area contributed by atoms with Gasteiger partial charge in [0, 0.05) is 18.7 Å². The molecule has 0 aliphatic carbocycles. The number of rotatable bonds is 10. The van der Waals surface area contributed by atoms with E-state index in [9.17, 15) is 4.79 Å². The van der Waals surface area contributed by atoms with Crippen LogP contribution in [-0.2, 0) is 6.54 Å². The Bertz CT molecular complexity index is 1050. The van der Waals surface area contributed by atoms with Gasteiger partial charge < -0.3 is 20.1 Å². The largest absolute Gasteiger partial charge is 0.497 e. The van der Waals surface area contributed by atoms with E-state index in [2.05, 4.69) is 46.5 Å². The molecule has 1 aromatic carbocycles. The molecule has 2 heterocycles. The third-order valence-electron chi connectivity index (χ3n) is 4.44. The molecule has 2 aromatic heterocycles. The summed E-state index contributed by atoms with van der Waals surface area (Å²) in [6, 6.07) is 5.33. The van der Waals surface area contributed by atoms with Gasteiger partial charge in [-0.15, -0.1) is 0 Å². The highest BCUT2D eigenvalue weighted by Gasteiger charge is 2.16. The molecule has 0 unspecified atom stereocenters. The maximum absolute atomic E-state index is 12.6. The predicted molar refractivity (Wildman–Crippen MR) is 122 cm³/mol. The van der Waals surface area contributed by atoms with Crippen LogP contribution in [0.15, 0.2) is 29.6 Å². The maximum atomic E-state index is 12.6. The van der Waals surface area contributed by atoms with Crippen LogP contribution >= 0.6 is 11.8 Å². The lowest BCUT2D eigenvalue weighted by Crippen LogP contribution is -2.28. The zero-order valence-electron chi connectivity index (χ0n) is 18.4. The summed E-state index contributed by atoms with van der Waals surface area (Å²) in [6.07, 6.45) is 1.76. The van der Waals surface area contributed by atoms with Crippen molar-refractivity contribution in [1.82, 2.24) is 25.1 Å². The van der Waals surface area contributed by atoms with E-state index < -0.39 is 0 Å². The fourth-order valence-corrected chi connectivity index (χ4v) is 3.60. The monoisotopic (exact) mass is 444 g/mol. The summed E-state index contributed by atoms with van der Waals surface area (Å²) >= 11 is 1.58. The number of nitrogens with one attached hydrogen (secondary N) is 2. The number of methoxy groups -OCH3 is 2. The first-order valence-corrected chi connectivity index (χ1v) is 11.1. The highest BCUT2D eigenvalue weighted by molar-refractivity contribution is 7.99. The van der Waals surface area contributed by atoms with Gasteiger partial charge in [0.25, 0.3) is 5.91 Å². The molecule has 0 fully saturated rings. The molecule has 0 aliphatic heterocycles. The molecule has 0 aliphatic rings. The van der Waals surface area contributed by atoms with Crippen LogP contribution in [0.4, 0.5) is 5.82 Å². The van der Waals surface area contributed by atoms with Crippen molar-refractivity contribution < 1.29 is 14.3 Å². The molecule has 0 saturated heterocycles. The Balaban J connectivity index is 1.75. The van der Waals surface area contributed by atoms with Crippen molar-refractivity contribution in [2.45, 2.75) is 38.5 Å². The van der Waals surface area contributed by atoms with Crippen LogP contribution in [-0.4, -0.2) is 58.2 Å². The Hall–Kier alpha value is -3.01. The molecule has 1 amide bonds. The van der Waals surface area contributed by atoms with E-state index >= 15 is 0 Å². The minimum Gasteiger partial charge on any atom is -0.497 e. The second-order valence-corrected chi connectivity index (χ2v) is 8.25. The molecular weight excluding hydrogens is 416 g/mol. The molecule has 31 heavy (non-hydrogen) atoms. The first-order valence-electron chi connectivity index (χ1n) is 10.1. The van der Waals surface area contributed by atoms with Crippen LogP contribution in [0, 0.1) is 0 Å². The summed E-state index contributed by atoms with van der Waals surface area (Å²) in [5, 5.41) is 12.3. The number of benzene rings is 1. The van der Waals surface area contributed by atoms with Crippen LogP contribution < -0.4 is 20.1 Å². The number of fused-ring (bicyclic) bond motifs is 1. The number of nitrogens with zero attached hydrogens (tertiary/aromatic N) is 4. The summed E-state index contributed by atoms with van der Waals surface area (Å²) in [5.74, 6) is 2.51. The Kier molecular flexibility index (Phi) is 7.56. The van der Waals surface area contributed by atoms with Gasteiger partial charge in [-0.1, -0.05) is 18.7 Å². The van der Waals surface area contributed by atoms with Gasteiger partial charge in [-0.3, -0.25) is 4.79 Å². The van der Waals surface area contributed by atoms with Gasteiger partial charge in [-0.2, -0.15) is 5.10 Å². The van der Waals surface area contributed by atoms with Gasteiger partial charge in [0.15, 0.2) is 10.8 Å². The van der Waals surface area contributed by atoms with E-state index in [-0.39, 0.29) is 11.9 Å². The van der Waals surface area contributed by atoms with E-state index in [0.717, 1.165) is 22.6 Å². The summed E-state index contributed by atoms with van der Waals surface area (Å²) < 4.78 is 12.3. The van der Waals surface area contributed by atoms with Gasteiger partial charge in [0.2, 0.25) is 0 Å². The first-order chi connectivity index (χ1) is 15.0. The minimum absolute atomic E-state index is 0.227. The van der Waals surface area contributed by atoms with Gasteiger partial charge >= 0.3 is 0 Å². The van der Waals surface area contributed by atoms with Crippen LogP contribution in [0.1, 0.15) is 31.1 Å². The van der Waals surface area contributed by atoms with E-state index in [0.29, 0.717) is 35.3 Å². The van der Waals surface area contributed by atoms with E-state index in [1.807, 2.05) is 0 Å². The number of hydrogen-bond acceptors (Lipinski definition) is 8. The third kappa shape index (κ3) is 5.38. The summed E-state index contributed by atoms with van der Waals surface area (Å²) in [7, 11) is 3.09. The average Bonchev–Trinajstić information content (AvgIpc) is 3.16. The van der Waals surface area contributed by atoms with Gasteiger partial charge in [-0.25, -0.2) is 14.6 Å². The molecule has 0 spiro atoms. The number of carbonyl (C=O) groups excluding carboxylic acids is 1. The van der Waals surface area contributed by atoms with E-state index in [1.165, 1.54) is 7.11 Å². The molecule has 10 heteroatoms. The van der Waals surface area contributed by atoms with E-state index in [4.69, 9.17) is 9.47 Å². The summed E-state index contributed by atoms with van der Waals surface area (Å²) in [4.78, 5) is 21.9. The molecular formula is C21H28N6O3S. The molecule has 0 saturated carbocycles. The van der Waals surface area contributed by atoms with Crippen LogP contribution in [0.25, 0.3) is 11.0 Å². The highest BCUT2D eigenvalue weighted by Crippen LogP contribution is 2.26. The highest BCUT2D eigenvalue weighted by atomic mass is 32.2. The number of amides is 1. The SMILES string of the molecule is CCSc1nc(NC(C)C)c2cnn(CCNC(=O)c3ccc(OC)cc3OC)c2n1. The third-order valence-corrected chi connectivity index (χ3v) is 5.17. The second kappa shape index (κ2) is 10.3. The van der Waals surface area contributed by atoms with Crippen LogP contribution in [0.3, 0.4) is 0 Å². The van der Waals surface area contributed by atoms with Crippen molar-refractivity contribution in [2.24, 2.45) is 0 Å². The van der Waals surface area contributed by atoms with Crippen LogP contribution in [0.2, 0.25) is 0 Å². The fourth-order valence-electron chi connectivity index (χ4n) is 3.03. The smallest absolute Gasteiger partial charge is 0.255 e. The lowest BCUT2D eigenvalue weighted by molar-refractivity contribution is 0.0949. The Morgan fingerprint density at radius 3 is 2.71 bits per heavy atom. The zero-order valence-corrected chi connectivity index (χ0v) is 19.2. The van der Waals surface area contributed by atoms with Crippen molar-refractivity contribution >= 4 is 34.5 Å². The molecule has 9 nitrogen and oxygen atoms in total. The Morgan fingerprint density at radius 1 is 1.23 bits per heavy atom. The molecule has 2 N–H and O–H groups in total. The van der Waals surface area contributed by atoms with Crippen molar-refractivity contribution in [3.63, 3.8) is 0 Å². The van der Waals surface area contributed by atoms with Crippen molar-refractivity contribution in [2.75, 3.05) is 31.8 Å². The van der Waals surface area contributed by atoms with Crippen molar-refractivity contribution in [1.29, 1.82) is 0 Å². The van der Waals surface area contributed by atoms with Crippen molar-refractivity contribution in [3.8, 4) is 11.5 Å². The first kappa shape index (κ1) is 22.7. The van der Waals surface area contributed by atoms with Crippen molar-refractivity contribution in [3.05, 3.63) is 30.0 Å². The number of aromatic nitrogens is 4. The lowest BCUT2D eigenvalue weighted by atomic mass is 10.1. The molecule has 0 bridgehead atoms. The van der Waals surface area contributed by atoms with E-state index in [1.54, 1.807) is 47.9 Å². The lowest BCUT2D eigenvalue weighted by Gasteiger charge is -2.12. The fraction of sp³-hybridized carbons (Fsp3) is 0.429. The average molecular weight is 445 g/mol. The molecule has 0 atom stereocenters. The molecule has 0 radical (unpaired) electrons. The Morgan fingerprint density at radius 2 is 2.03 bits per heavy atom. The number of ether oxygens (including phenoxy) is 2. The molecule has 166 valence electrons. The predicted octanol–water partition coefficient (Wildman–Crippen LogP) is 3.21. The normalized spacial score (nSPS) is 11.0. The Labute approximate surface area is 185 Å². The number of hydrogen-bond donors (Lipinski definition) is 2. The zero-order chi connectivity index (χ0) is 22.4. The topological polar surface area (TPSA) is 103 Å². The summed E-state index contributed by atoms with van der Waals surface area (Å²) in [6.45, 7) is 7.05. The number of anilines is 1. The number of thioether (sulfide) groups is 1. The van der Waals surface area contributed by atoms with Gasteiger partial charge in [0.05, 0.1) is 37.9 Å². The summed E-state index contributed by atoms with van der Waals surface area (Å²) in [5.41, 5.74) is 1.19. The molecule has 3 aromatic rings. The number of carbonyl (C=O) groups is 1. The van der Waals surface area contributed by atoms with Gasteiger partial charge in [0.1, 0.15) is 17.3 Å². The quantitative estimate of drug-likeness (QED) is 0.363. The standard InChI is InChI=1S/C21H28N6O3S/c1-6-31-21-25-18(24-13(2)3)16-12-23-27(19(16)26-21)10-9-22-20(28)15-8-7-14(29-4)11-17(15)30-5/h7-8,11-13H,6,9-10H2,1-5H3,(H,22,28)(H,24,25,26). The van der Waals surface area contributed by atoms with Crippen LogP contribution in [0.5, 0.6) is 11.5 Å². The second-order valence-electron chi connectivity index (χ2n) is 7.01. The van der Waals surface area contributed by atoms with Gasteiger partial charge in [-0.05, 0) is 31.7 Å². The minimum atomic E-state index is -0.227. The molecule has 3 rings (SSSR count). The maximum Gasteiger partial charge on any atom is 0.255 e.